The third kappa shape index (κ3) is 9.94. The second kappa shape index (κ2) is 17.1. The number of hydrogen-bond donors (Lipinski definition) is 1. The number of carbonyl (C=O) groups excluding carboxylic acids is 2. The Kier molecular flexibility index (Phi) is 15.0. The minimum Gasteiger partial charge on any atom is -0.744 e. The third-order valence-electron chi connectivity index (χ3n) is 5.89. The van der Waals surface area contributed by atoms with Crippen molar-refractivity contribution in [3.8, 4) is 11.4 Å². The van der Waals surface area contributed by atoms with Crippen LogP contribution in [0.4, 0.5) is 23.0 Å². The van der Waals surface area contributed by atoms with Crippen LogP contribution < -0.4 is 104 Å². The zero-order valence-electron chi connectivity index (χ0n) is 25.0. The molecule has 1 aromatic heterocycles. The number of carbonyl (C=O) groups is 2. The molecule has 0 spiro atoms. The van der Waals surface area contributed by atoms with Crippen LogP contribution in [0.2, 0.25) is 5.28 Å². The van der Waals surface area contributed by atoms with Gasteiger partial charge in [0.15, 0.2) is 11.9 Å². The Morgan fingerprint density at radius 2 is 1.52 bits per heavy atom. The zero-order chi connectivity index (χ0) is 32.5. The maximum absolute atomic E-state index is 13.0. The number of anilines is 3. The number of nitrogens with one attached hydrogen (secondary N) is 1. The molecule has 17 nitrogen and oxygen atoms in total. The number of aliphatic carboxylic acids is 1. The van der Waals surface area contributed by atoms with Crippen LogP contribution in [0, 0.1) is 0 Å². The first-order chi connectivity index (χ1) is 21.2. The number of carboxylic acid groups (broad SMARTS) is 1. The predicted molar refractivity (Wildman–Crippen MR) is 151 cm³/mol. The molecule has 0 fully saturated rings. The maximum atomic E-state index is 13.0. The van der Waals surface area contributed by atoms with Crippen LogP contribution in [0.15, 0.2) is 97.9 Å². The number of halogens is 1. The first-order valence-electron chi connectivity index (χ1n) is 12.2. The number of azo groups is 1. The number of hydrazone groups is 1. The molecule has 23 heteroatoms. The van der Waals surface area contributed by atoms with Gasteiger partial charge >= 0.3 is 88.7 Å². The Labute approximate surface area is 343 Å². The van der Waals surface area contributed by atoms with Gasteiger partial charge in [0.25, 0.3) is 5.91 Å². The maximum Gasteiger partial charge on any atom is 1.00 e. The minimum atomic E-state index is -5.22. The molecule has 3 aromatic carbocycles. The summed E-state index contributed by atoms with van der Waals surface area (Å²) >= 11 is 6.02. The van der Waals surface area contributed by atoms with Crippen LogP contribution in [0.5, 0.6) is 0 Å². The van der Waals surface area contributed by atoms with E-state index in [2.05, 4.69) is 35.6 Å². The molecule has 1 amide bonds. The summed E-state index contributed by atoms with van der Waals surface area (Å²) in [4.78, 5) is 35.4. The van der Waals surface area contributed by atoms with Crippen molar-refractivity contribution in [3.05, 3.63) is 78.1 Å². The van der Waals surface area contributed by atoms with Gasteiger partial charge in [-0.25, -0.2) is 16.8 Å². The molecule has 2 heterocycles. The summed E-state index contributed by atoms with van der Waals surface area (Å²) in [6.45, 7) is 0. The average Bonchev–Trinajstić information content (AvgIpc) is 3.32. The minimum absolute atomic E-state index is 0. The predicted octanol–water partition coefficient (Wildman–Crippen LogP) is -7.64. The van der Waals surface area contributed by atoms with E-state index in [1.54, 1.807) is 30.3 Å². The number of nitrogens with zero attached hydrogens (tertiary/aromatic N) is 7. The molecule has 5 rings (SSSR count). The van der Waals surface area contributed by atoms with Gasteiger partial charge in [-0.15, -0.1) is 0 Å². The van der Waals surface area contributed by atoms with Gasteiger partial charge in [0.2, 0.25) is 11.2 Å². The molecule has 0 saturated heterocycles. The number of amides is 1. The van der Waals surface area contributed by atoms with Crippen molar-refractivity contribution in [2.75, 3.05) is 10.3 Å². The molecule has 0 saturated carbocycles. The molecular formula is C25H14ClN8Na3O9S2. The fraction of sp³-hybridized carbons (Fsp3) is 0.0400. The molecule has 0 aliphatic carbocycles. The van der Waals surface area contributed by atoms with Crippen LogP contribution in [-0.2, 0) is 29.8 Å². The SMILES string of the molecule is O=C([O-])C1=NN(c2ccc(S(=O)(=O)[O-])cc2)C(=O)C1N=Nc1ccc(Nc2nc(Cl)nc(-c3ccccc3)n2)cc1S(=O)(=O)[O-].[Na+].[Na+].[Na+]. The van der Waals surface area contributed by atoms with Crippen molar-refractivity contribution < 1.29 is 129 Å². The molecule has 0 bridgehead atoms. The number of hydrogen-bond acceptors (Lipinski definition) is 16. The second-order valence-corrected chi connectivity index (χ2v) is 11.9. The first-order valence-corrected chi connectivity index (χ1v) is 15.3. The molecule has 1 aliphatic heterocycles. The molecule has 1 aliphatic rings. The van der Waals surface area contributed by atoms with Crippen LogP contribution in [0.25, 0.3) is 11.4 Å². The van der Waals surface area contributed by atoms with Gasteiger partial charge in [-0.2, -0.15) is 35.3 Å². The largest absolute Gasteiger partial charge is 1.00 e. The van der Waals surface area contributed by atoms with Crippen molar-refractivity contribution in [3.63, 3.8) is 0 Å². The Bertz CT molecular complexity index is 2130. The summed E-state index contributed by atoms with van der Waals surface area (Å²) in [7, 11) is -10.0. The van der Waals surface area contributed by atoms with Gasteiger partial charge in [-0.05, 0) is 54.1 Å². The van der Waals surface area contributed by atoms with Gasteiger partial charge in [-0.3, -0.25) is 4.79 Å². The molecule has 1 atom stereocenters. The van der Waals surface area contributed by atoms with E-state index < -0.39 is 59.3 Å². The quantitative estimate of drug-likeness (QED) is 0.0952. The van der Waals surface area contributed by atoms with Crippen molar-refractivity contribution in [1.82, 2.24) is 15.0 Å². The van der Waals surface area contributed by atoms with Crippen LogP contribution in [-0.4, -0.2) is 64.5 Å². The van der Waals surface area contributed by atoms with E-state index in [0.29, 0.717) is 10.6 Å². The van der Waals surface area contributed by atoms with Gasteiger partial charge in [0, 0.05) is 11.3 Å². The Balaban J connectivity index is 0.00000267. The zero-order valence-corrected chi connectivity index (χ0v) is 33.4. The van der Waals surface area contributed by atoms with E-state index in [1.807, 2.05) is 0 Å². The Hall–Kier alpha value is -2.21. The van der Waals surface area contributed by atoms with E-state index in [4.69, 9.17) is 11.6 Å². The van der Waals surface area contributed by atoms with Gasteiger partial charge in [0.1, 0.15) is 31.6 Å². The topological polar surface area (TPSA) is 263 Å². The average molecular weight is 739 g/mol. The summed E-state index contributed by atoms with van der Waals surface area (Å²) in [6.07, 6.45) is 0. The third-order valence-corrected chi connectivity index (χ3v) is 7.78. The Morgan fingerprint density at radius 3 is 2.10 bits per heavy atom. The van der Waals surface area contributed by atoms with Crippen LogP contribution in [0.1, 0.15) is 0 Å². The molecule has 0 radical (unpaired) electrons. The normalized spacial score (nSPS) is 14.4. The summed E-state index contributed by atoms with van der Waals surface area (Å²) in [6, 6.07) is 13.8. The smallest absolute Gasteiger partial charge is 0.744 e. The standard InChI is InChI=1S/C25H17ClN8O9S2.3Na/c26-24-28-21(13-4-2-1-3-5-13)29-25(30-24)27-14-6-11-17(18(12-14)45(41,42)43)31-32-19-20(23(36)37)33-34(22(19)35)15-7-9-16(10-8-15)44(38,39)40;;;/h1-12,19H,(H,36,37)(H,38,39,40)(H,41,42,43)(H,27,28,29,30);;;/q;3*+1/p-3. The van der Waals surface area contributed by atoms with Gasteiger partial charge < -0.3 is 24.3 Å². The summed E-state index contributed by atoms with van der Waals surface area (Å²) < 4.78 is 69.8. The van der Waals surface area contributed by atoms with Crippen molar-refractivity contribution >= 4 is 72.4 Å². The van der Waals surface area contributed by atoms with Crippen LogP contribution >= 0.6 is 11.6 Å². The van der Waals surface area contributed by atoms with E-state index >= 15 is 0 Å². The first kappa shape index (κ1) is 42.0. The van der Waals surface area contributed by atoms with Gasteiger partial charge in [0.05, 0.1) is 21.4 Å². The van der Waals surface area contributed by atoms with E-state index in [-0.39, 0.29) is 117 Å². The summed E-state index contributed by atoms with van der Waals surface area (Å²) in [5.74, 6) is -2.91. The van der Waals surface area contributed by atoms with Crippen LogP contribution in [0.3, 0.4) is 0 Å². The van der Waals surface area contributed by atoms with Crippen molar-refractivity contribution in [2.24, 2.45) is 15.3 Å². The molecule has 1 N–H and O–H groups in total. The molecule has 1 unspecified atom stereocenters. The van der Waals surface area contributed by atoms with Gasteiger partial charge in [-0.1, -0.05) is 30.3 Å². The molecule has 4 aromatic rings. The van der Waals surface area contributed by atoms with E-state index in [1.165, 1.54) is 6.07 Å². The molecule has 230 valence electrons. The molecule has 48 heavy (non-hydrogen) atoms. The fourth-order valence-electron chi connectivity index (χ4n) is 3.89. The summed E-state index contributed by atoms with van der Waals surface area (Å²) in [5, 5.41) is 25.7. The number of carboxylic acids is 1. The fourth-order valence-corrected chi connectivity index (χ4v) is 5.15. The van der Waals surface area contributed by atoms with Crippen molar-refractivity contribution in [2.45, 2.75) is 15.8 Å². The van der Waals surface area contributed by atoms with E-state index in [9.17, 15) is 40.6 Å². The number of rotatable bonds is 9. The number of benzene rings is 3. The Morgan fingerprint density at radius 1 is 0.875 bits per heavy atom. The monoisotopic (exact) mass is 738 g/mol. The van der Waals surface area contributed by atoms with Crippen molar-refractivity contribution in [1.29, 1.82) is 0 Å². The second-order valence-electron chi connectivity index (χ2n) is 8.87. The summed E-state index contributed by atoms with van der Waals surface area (Å²) in [5.41, 5.74) is -0.988. The van der Waals surface area contributed by atoms with E-state index in [0.717, 1.165) is 36.4 Å². The molecular weight excluding hydrogens is 725 g/mol. The number of aromatic nitrogens is 3.